The number of hydrogen-bond donors (Lipinski definition) is 1. The molecule has 5 heteroatoms. The fourth-order valence-corrected chi connectivity index (χ4v) is 3.26. The smallest absolute Gasteiger partial charge is 0.261 e. The van der Waals surface area contributed by atoms with E-state index in [0.717, 1.165) is 11.1 Å². The summed E-state index contributed by atoms with van der Waals surface area (Å²) in [6, 6.07) is 15.5. The van der Waals surface area contributed by atoms with E-state index in [2.05, 4.69) is 24.1 Å². The van der Waals surface area contributed by atoms with Crippen LogP contribution >= 0.6 is 0 Å². The van der Waals surface area contributed by atoms with Crippen LogP contribution in [0.4, 0.5) is 0 Å². The molecule has 1 aromatic heterocycles. The second-order valence-corrected chi connectivity index (χ2v) is 7.16. The molecule has 0 aliphatic carbocycles. The van der Waals surface area contributed by atoms with E-state index in [9.17, 15) is 9.59 Å². The van der Waals surface area contributed by atoms with Crippen LogP contribution in [-0.4, -0.2) is 15.5 Å². The minimum absolute atomic E-state index is 0.0483. The maximum atomic E-state index is 12.6. The number of aryl methyl sites for hydroxylation is 2. The Balaban J connectivity index is 1.71. The van der Waals surface area contributed by atoms with Crippen LogP contribution in [0.25, 0.3) is 10.9 Å². The van der Waals surface area contributed by atoms with Crippen LogP contribution in [0.5, 0.6) is 0 Å². The highest BCUT2D eigenvalue weighted by molar-refractivity contribution is 5.80. The van der Waals surface area contributed by atoms with Crippen molar-refractivity contribution < 1.29 is 4.79 Å². The molecule has 0 fully saturated rings. The predicted octanol–water partition coefficient (Wildman–Crippen LogP) is 3.61. The van der Waals surface area contributed by atoms with Crippen molar-refractivity contribution in [2.75, 3.05) is 0 Å². The molecule has 0 saturated carbocycles. The van der Waals surface area contributed by atoms with E-state index in [4.69, 9.17) is 0 Å². The average molecular weight is 363 g/mol. The van der Waals surface area contributed by atoms with E-state index in [1.54, 1.807) is 6.07 Å². The van der Waals surface area contributed by atoms with Gasteiger partial charge in [0.25, 0.3) is 5.56 Å². The molecule has 3 rings (SSSR count). The lowest BCUT2D eigenvalue weighted by Crippen LogP contribution is -2.33. The third-order valence-electron chi connectivity index (χ3n) is 4.78. The molecule has 0 aliphatic heterocycles. The lowest BCUT2D eigenvalue weighted by Gasteiger charge is -2.23. The van der Waals surface area contributed by atoms with Gasteiger partial charge in [0.05, 0.1) is 23.3 Å². The molecule has 140 valence electrons. The number of rotatable bonds is 6. The Bertz CT molecular complexity index is 993. The summed E-state index contributed by atoms with van der Waals surface area (Å²) in [6.07, 6.45) is 1.76. The van der Waals surface area contributed by atoms with Gasteiger partial charge in [-0.25, -0.2) is 4.98 Å². The van der Waals surface area contributed by atoms with Gasteiger partial charge in [0, 0.05) is 13.0 Å². The Labute approximate surface area is 159 Å². The summed E-state index contributed by atoms with van der Waals surface area (Å²) in [5, 5.41) is 3.68. The molecular formula is C22H25N3O2. The average Bonchev–Trinajstić information content (AvgIpc) is 2.66. The third kappa shape index (κ3) is 4.25. The van der Waals surface area contributed by atoms with Crippen molar-refractivity contribution in [3.8, 4) is 0 Å². The van der Waals surface area contributed by atoms with Crippen molar-refractivity contribution in [3.05, 3.63) is 76.3 Å². The first kappa shape index (κ1) is 18.8. The first-order valence-corrected chi connectivity index (χ1v) is 9.26. The summed E-state index contributed by atoms with van der Waals surface area (Å²) in [4.78, 5) is 29.5. The fraction of sp³-hybridized carbons (Fsp3) is 0.318. The molecule has 5 nitrogen and oxygen atoms in total. The summed E-state index contributed by atoms with van der Waals surface area (Å²) in [6.45, 7) is 6.40. The Hall–Kier alpha value is -2.95. The molecular weight excluding hydrogens is 338 g/mol. The Kier molecular flexibility index (Phi) is 5.69. The maximum absolute atomic E-state index is 12.6. The van der Waals surface area contributed by atoms with Gasteiger partial charge in [0.2, 0.25) is 5.91 Å². The van der Waals surface area contributed by atoms with E-state index in [1.165, 1.54) is 10.9 Å². The molecule has 1 heterocycles. The second kappa shape index (κ2) is 8.16. The first-order chi connectivity index (χ1) is 13.0. The predicted molar refractivity (Wildman–Crippen MR) is 108 cm³/mol. The van der Waals surface area contributed by atoms with Crippen molar-refractivity contribution in [2.45, 2.75) is 39.8 Å². The van der Waals surface area contributed by atoms with Gasteiger partial charge in [-0.2, -0.15) is 0 Å². The quantitative estimate of drug-likeness (QED) is 0.728. The normalized spacial score (nSPS) is 12.3. The highest BCUT2D eigenvalue weighted by atomic mass is 16.2. The van der Waals surface area contributed by atoms with E-state index < -0.39 is 0 Å². The van der Waals surface area contributed by atoms with Gasteiger partial charge in [-0.3, -0.25) is 14.2 Å². The van der Waals surface area contributed by atoms with Gasteiger partial charge >= 0.3 is 0 Å². The zero-order chi connectivity index (χ0) is 19.4. The van der Waals surface area contributed by atoms with Crippen LogP contribution in [0, 0.1) is 12.8 Å². The zero-order valence-electron chi connectivity index (χ0n) is 16.0. The summed E-state index contributed by atoms with van der Waals surface area (Å²) >= 11 is 0. The molecule has 27 heavy (non-hydrogen) atoms. The van der Waals surface area contributed by atoms with E-state index in [0.29, 0.717) is 17.4 Å². The van der Waals surface area contributed by atoms with Gasteiger partial charge in [-0.1, -0.05) is 56.3 Å². The minimum atomic E-state index is -0.111. The lowest BCUT2D eigenvalue weighted by atomic mass is 9.96. The van der Waals surface area contributed by atoms with Crippen LogP contribution in [0.3, 0.4) is 0 Å². The summed E-state index contributed by atoms with van der Waals surface area (Å²) in [5.74, 6) is 0.193. The summed E-state index contributed by atoms with van der Waals surface area (Å²) < 4.78 is 1.51. The van der Waals surface area contributed by atoms with Crippen molar-refractivity contribution in [3.63, 3.8) is 0 Å². The van der Waals surface area contributed by atoms with Crippen LogP contribution in [0.1, 0.15) is 37.4 Å². The van der Waals surface area contributed by atoms with Crippen molar-refractivity contribution in [1.82, 2.24) is 14.9 Å². The molecule has 3 aromatic rings. The number of amides is 1. The molecule has 0 bridgehead atoms. The van der Waals surface area contributed by atoms with Gasteiger partial charge in [0.15, 0.2) is 0 Å². The number of carbonyl (C=O) groups is 1. The van der Waals surface area contributed by atoms with Crippen LogP contribution in [0.2, 0.25) is 0 Å². The highest BCUT2D eigenvalue weighted by Gasteiger charge is 2.18. The van der Waals surface area contributed by atoms with Crippen LogP contribution in [-0.2, 0) is 11.3 Å². The lowest BCUT2D eigenvalue weighted by molar-refractivity contribution is -0.122. The first-order valence-electron chi connectivity index (χ1n) is 9.26. The molecule has 0 aliphatic rings. The molecule has 2 aromatic carbocycles. The number of carbonyl (C=O) groups excluding carboxylic acids is 1. The maximum Gasteiger partial charge on any atom is 0.261 e. The van der Waals surface area contributed by atoms with Gasteiger partial charge in [-0.05, 0) is 30.0 Å². The van der Waals surface area contributed by atoms with Crippen LogP contribution in [0.15, 0.2) is 59.7 Å². The molecule has 0 radical (unpaired) electrons. The monoisotopic (exact) mass is 363 g/mol. The van der Waals surface area contributed by atoms with E-state index >= 15 is 0 Å². The molecule has 0 spiro atoms. The number of benzene rings is 2. The molecule has 0 saturated heterocycles. The number of para-hydroxylation sites is 1. The number of fused-ring (bicyclic) bond motifs is 1. The van der Waals surface area contributed by atoms with Gasteiger partial charge < -0.3 is 5.32 Å². The molecule has 1 N–H and O–H groups in total. The molecule has 1 amide bonds. The summed E-state index contributed by atoms with van der Waals surface area (Å²) in [7, 11) is 0. The second-order valence-electron chi connectivity index (χ2n) is 7.16. The molecule has 1 atom stereocenters. The fourth-order valence-electron chi connectivity index (χ4n) is 3.26. The van der Waals surface area contributed by atoms with Crippen molar-refractivity contribution in [2.24, 2.45) is 5.92 Å². The molecule has 0 unspecified atom stereocenters. The minimum Gasteiger partial charge on any atom is -0.349 e. The van der Waals surface area contributed by atoms with Crippen molar-refractivity contribution in [1.29, 1.82) is 0 Å². The number of hydrogen-bond acceptors (Lipinski definition) is 3. The standard InChI is InChI=1S/C22H25N3O2/c1-15(2)20(17-9-5-4-6-10-17)24-19(26)12-13-25-14-23-21-16(3)8-7-11-18(21)22(25)27/h4-11,14-15,20H,12-13H2,1-3H3,(H,24,26)/t20-/m1/s1. The number of aromatic nitrogens is 2. The number of nitrogens with one attached hydrogen (secondary N) is 1. The van der Waals surface area contributed by atoms with Crippen LogP contribution < -0.4 is 10.9 Å². The van der Waals surface area contributed by atoms with Gasteiger partial charge in [0.1, 0.15) is 0 Å². The zero-order valence-corrected chi connectivity index (χ0v) is 16.0. The van der Waals surface area contributed by atoms with E-state index in [-0.39, 0.29) is 29.8 Å². The highest BCUT2D eigenvalue weighted by Crippen LogP contribution is 2.21. The van der Waals surface area contributed by atoms with Gasteiger partial charge in [-0.15, -0.1) is 0 Å². The van der Waals surface area contributed by atoms with E-state index in [1.807, 2.05) is 49.4 Å². The SMILES string of the molecule is Cc1cccc2c(=O)n(CCC(=O)N[C@@H](c3ccccc3)C(C)C)cnc12. The Morgan fingerprint density at radius 3 is 2.56 bits per heavy atom. The third-order valence-corrected chi connectivity index (χ3v) is 4.78. The summed E-state index contributed by atoms with van der Waals surface area (Å²) in [5.41, 5.74) is 2.66. The Morgan fingerprint density at radius 2 is 1.85 bits per heavy atom. The topological polar surface area (TPSA) is 64.0 Å². The Morgan fingerprint density at radius 1 is 1.11 bits per heavy atom. The largest absolute Gasteiger partial charge is 0.349 e. The van der Waals surface area contributed by atoms with Crippen molar-refractivity contribution >= 4 is 16.8 Å². The number of nitrogens with zero attached hydrogens (tertiary/aromatic N) is 2.